The number of H-pyrrole nitrogens is 1. The molecule has 0 saturated heterocycles. The van der Waals surface area contributed by atoms with E-state index in [4.69, 9.17) is 5.73 Å². The molecule has 1 aromatic carbocycles. The van der Waals surface area contributed by atoms with E-state index in [2.05, 4.69) is 48.6 Å². The molecule has 0 aliphatic carbocycles. The molecule has 0 spiro atoms. The minimum Gasteiger partial charge on any atom is -0.397 e. The Balaban J connectivity index is 2.28. The number of hydrogen-bond acceptors (Lipinski definition) is 2. The van der Waals surface area contributed by atoms with Crippen molar-refractivity contribution in [2.75, 3.05) is 5.73 Å². The number of anilines is 1. The lowest BCUT2D eigenvalue weighted by Crippen LogP contribution is -2.24. The second kappa shape index (κ2) is 4.98. The smallest absolute Gasteiger partial charge is 0.0690 e. The highest BCUT2D eigenvalue weighted by atomic mass is 32.1. The maximum absolute atomic E-state index is 6.09. The van der Waals surface area contributed by atoms with Crippen molar-refractivity contribution in [2.24, 2.45) is 0 Å². The molecule has 3 aromatic rings. The number of aromatic amines is 1. The summed E-state index contributed by atoms with van der Waals surface area (Å²) in [6.45, 7) is 4.54. The number of nitrogens with two attached hydrogens (primary N) is 1. The number of thiophene rings is 1. The Hall–Kier alpha value is -1.74. The standard InChI is InChI=1S/C17H20N2S/c1-3-17(4-2,15-9-6-10-20-15)13-11-19-16-12(13)7-5-8-14(16)18/h5-11,19H,3-4,18H2,1-2H3. The van der Waals surface area contributed by atoms with Crippen LogP contribution in [0.2, 0.25) is 0 Å². The molecule has 3 N–H and O–H groups in total. The summed E-state index contributed by atoms with van der Waals surface area (Å²) in [5.41, 5.74) is 9.42. The molecule has 0 atom stereocenters. The summed E-state index contributed by atoms with van der Waals surface area (Å²) in [4.78, 5) is 4.81. The van der Waals surface area contributed by atoms with Crippen LogP contribution < -0.4 is 5.73 Å². The Morgan fingerprint density at radius 2 is 1.95 bits per heavy atom. The molecule has 2 nitrogen and oxygen atoms in total. The molecular formula is C17H20N2S. The van der Waals surface area contributed by atoms with Crippen LogP contribution in [0.1, 0.15) is 37.1 Å². The maximum atomic E-state index is 6.09. The molecule has 0 radical (unpaired) electrons. The van der Waals surface area contributed by atoms with Crippen LogP contribution in [0.25, 0.3) is 10.9 Å². The summed E-state index contributed by atoms with van der Waals surface area (Å²) in [5, 5.41) is 3.42. The third kappa shape index (κ3) is 1.77. The third-order valence-corrected chi connectivity index (χ3v) is 5.54. The van der Waals surface area contributed by atoms with Crippen molar-refractivity contribution in [3.63, 3.8) is 0 Å². The molecule has 0 aliphatic heterocycles. The van der Waals surface area contributed by atoms with E-state index in [9.17, 15) is 0 Å². The first kappa shape index (κ1) is 13.3. The van der Waals surface area contributed by atoms with Gasteiger partial charge in [-0.15, -0.1) is 11.3 Å². The van der Waals surface area contributed by atoms with E-state index in [0.717, 1.165) is 24.0 Å². The Morgan fingerprint density at radius 1 is 1.15 bits per heavy atom. The van der Waals surface area contributed by atoms with Crippen LogP contribution in [0, 0.1) is 0 Å². The topological polar surface area (TPSA) is 41.8 Å². The van der Waals surface area contributed by atoms with Crippen molar-refractivity contribution in [2.45, 2.75) is 32.1 Å². The predicted octanol–water partition coefficient (Wildman–Crippen LogP) is 4.92. The van der Waals surface area contributed by atoms with Gasteiger partial charge < -0.3 is 10.7 Å². The molecule has 2 heterocycles. The van der Waals surface area contributed by atoms with Gasteiger partial charge in [-0.05, 0) is 35.9 Å². The highest BCUT2D eigenvalue weighted by molar-refractivity contribution is 7.10. The van der Waals surface area contributed by atoms with Crippen LogP contribution in [0.5, 0.6) is 0 Å². The first-order valence-electron chi connectivity index (χ1n) is 7.13. The number of benzene rings is 1. The lowest BCUT2D eigenvalue weighted by atomic mass is 9.74. The van der Waals surface area contributed by atoms with Gasteiger partial charge in [0.1, 0.15) is 0 Å². The molecule has 104 valence electrons. The third-order valence-electron chi connectivity index (χ3n) is 4.46. The average molecular weight is 284 g/mol. The second-order valence-corrected chi connectivity index (χ2v) is 6.19. The molecule has 0 bridgehead atoms. The fraction of sp³-hybridized carbons (Fsp3) is 0.294. The minimum atomic E-state index is 0.0835. The first-order chi connectivity index (χ1) is 9.73. The summed E-state index contributed by atoms with van der Waals surface area (Å²) in [5.74, 6) is 0. The van der Waals surface area contributed by atoms with Gasteiger partial charge in [0.25, 0.3) is 0 Å². The van der Waals surface area contributed by atoms with Crippen LogP contribution in [-0.2, 0) is 5.41 Å². The van der Waals surface area contributed by atoms with Crippen molar-refractivity contribution in [3.8, 4) is 0 Å². The van der Waals surface area contributed by atoms with E-state index in [1.54, 1.807) is 0 Å². The van der Waals surface area contributed by atoms with E-state index < -0.39 is 0 Å². The first-order valence-corrected chi connectivity index (χ1v) is 8.01. The monoisotopic (exact) mass is 284 g/mol. The largest absolute Gasteiger partial charge is 0.397 e. The van der Waals surface area contributed by atoms with Crippen molar-refractivity contribution < 1.29 is 0 Å². The van der Waals surface area contributed by atoms with Gasteiger partial charge in [-0.25, -0.2) is 0 Å². The van der Waals surface area contributed by atoms with Crippen LogP contribution in [0.4, 0.5) is 5.69 Å². The van der Waals surface area contributed by atoms with Gasteiger partial charge in [-0.3, -0.25) is 0 Å². The zero-order chi connectivity index (χ0) is 14.2. The fourth-order valence-corrected chi connectivity index (χ4v) is 4.32. The van der Waals surface area contributed by atoms with E-state index in [1.807, 2.05) is 23.5 Å². The number of hydrogen-bond donors (Lipinski definition) is 2. The quantitative estimate of drug-likeness (QED) is 0.656. The van der Waals surface area contributed by atoms with Crippen molar-refractivity contribution in [3.05, 3.63) is 52.3 Å². The molecule has 2 aromatic heterocycles. The number of nitrogens with one attached hydrogen (secondary N) is 1. The SMILES string of the molecule is CCC(CC)(c1cccs1)c1c[nH]c2c(N)cccc12. The van der Waals surface area contributed by atoms with E-state index in [1.165, 1.54) is 15.8 Å². The zero-order valence-electron chi connectivity index (χ0n) is 11.9. The average Bonchev–Trinajstić information content (AvgIpc) is 3.12. The van der Waals surface area contributed by atoms with Gasteiger partial charge >= 0.3 is 0 Å². The lowest BCUT2D eigenvalue weighted by molar-refractivity contribution is 0.491. The summed E-state index contributed by atoms with van der Waals surface area (Å²) in [6.07, 6.45) is 4.32. The van der Waals surface area contributed by atoms with Crippen LogP contribution in [-0.4, -0.2) is 4.98 Å². The molecule has 0 fully saturated rings. The number of fused-ring (bicyclic) bond motifs is 1. The Morgan fingerprint density at radius 3 is 2.60 bits per heavy atom. The van der Waals surface area contributed by atoms with Crippen LogP contribution in [0.3, 0.4) is 0 Å². The molecule has 3 rings (SSSR count). The lowest BCUT2D eigenvalue weighted by Gasteiger charge is -2.31. The van der Waals surface area contributed by atoms with E-state index in [0.29, 0.717) is 0 Å². The summed E-state index contributed by atoms with van der Waals surface area (Å²) in [6, 6.07) is 10.6. The molecule has 3 heteroatoms. The molecule has 20 heavy (non-hydrogen) atoms. The molecule has 0 saturated carbocycles. The Kier molecular flexibility index (Phi) is 3.30. The summed E-state index contributed by atoms with van der Waals surface area (Å²) in [7, 11) is 0. The molecule has 0 aliphatic rings. The second-order valence-electron chi connectivity index (χ2n) is 5.24. The maximum Gasteiger partial charge on any atom is 0.0690 e. The van der Waals surface area contributed by atoms with Gasteiger partial charge in [0, 0.05) is 21.9 Å². The molecule has 0 amide bonds. The Labute approximate surface area is 123 Å². The number of nitrogen functional groups attached to an aromatic ring is 1. The van der Waals surface area contributed by atoms with Gasteiger partial charge in [-0.2, -0.15) is 0 Å². The van der Waals surface area contributed by atoms with E-state index >= 15 is 0 Å². The number of rotatable bonds is 4. The van der Waals surface area contributed by atoms with Crippen LogP contribution in [0.15, 0.2) is 41.9 Å². The van der Waals surface area contributed by atoms with Gasteiger partial charge in [0.2, 0.25) is 0 Å². The Bertz CT molecular complexity index is 706. The number of aromatic nitrogens is 1. The van der Waals surface area contributed by atoms with Gasteiger partial charge in [0.05, 0.1) is 11.2 Å². The van der Waals surface area contributed by atoms with Gasteiger partial charge in [0.15, 0.2) is 0 Å². The van der Waals surface area contributed by atoms with Crippen LogP contribution >= 0.6 is 11.3 Å². The van der Waals surface area contributed by atoms with Crippen molar-refractivity contribution in [1.29, 1.82) is 0 Å². The summed E-state index contributed by atoms with van der Waals surface area (Å²) >= 11 is 1.84. The molecular weight excluding hydrogens is 264 g/mol. The van der Waals surface area contributed by atoms with Crippen molar-refractivity contribution in [1.82, 2.24) is 4.98 Å². The molecule has 0 unspecified atom stereocenters. The predicted molar refractivity (Wildman–Crippen MR) is 88.4 cm³/mol. The van der Waals surface area contributed by atoms with Gasteiger partial charge in [-0.1, -0.05) is 32.0 Å². The number of para-hydroxylation sites is 1. The zero-order valence-corrected chi connectivity index (χ0v) is 12.8. The summed E-state index contributed by atoms with van der Waals surface area (Å²) < 4.78 is 0. The highest BCUT2D eigenvalue weighted by Gasteiger charge is 2.33. The normalized spacial score (nSPS) is 12.1. The van der Waals surface area contributed by atoms with E-state index in [-0.39, 0.29) is 5.41 Å². The minimum absolute atomic E-state index is 0.0835. The van der Waals surface area contributed by atoms with Crippen molar-refractivity contribution >= 4 is 27.9 Å². The highest BCUT2D eigenvalue weighted by Crippen LogP contribution is 2.44. The fourth-order valence-electron chi connectivity index (χ4n) is 3.24.